The Hall–Kier alpha value is -1.55. The smallest absolute Gasteiger partial charge is 0.335 e. The van der Waals surface area contributed by atoms with Crippen LogP contribution in [0.15, 0.2) is 18.2 Å². The number of phenolic OH excluding ortho intramolecular Hbond substituents is 1. The second-order valence-electron chi connectivity index (χ2n) is 4.60. The zero-order valence-electron chi connectivity index (χ0n) is 9.93. The van der Waals surface area contributed by atoms with E-state index < -0.39 is 17.5 Å². The summed E-state index contributed by atoms with van der Waals surface area (Å²) in [5.74, 6) is -0.520. The minimum atomic E-state index is -1.21. The number of hydrogen-bond donors (Lipinski definition) is 2. The van der Waals surface area contributed by atoms with Gasteiger partial charge in [-0.1, -0.05) is 12.1 Å². The third-order valence-corrected chi connectivity index (χ3v) is 3.43. The van der Waals surface area contributed by atoms with E-state index in [1.807, 2.05) is 13.0 Å². The number of methoxy groups -OCH3 is 1. The van der Waals surface area contributed by atoms with E-state index >= 15 is 0 Å². The van der Waals surface area contributed by atoms with Gasteiger partial charge in [0, 0.05) is 11.0 Å². The molecule has 1 fully saturated rings. The highest BCUT2D eigenvalue weighted by Crippen LogP contribution is 2.53. The first-order chi connectivity index (χ1) is 8.01. The van der Waals surface area contributed by atoms with E-state index in [0.29, 0.717) is 18.4 Å². The minimum Gasteiger partial charge on any atom is -0.508 e. The summed E-state index contributed by atoms with van der Waals surface area (Å²) in [6.45, 7) is 1.87. The van der Waals surface area contributed by atoms with Crippen molar-refractivity contribution in [2.24, 2.45) is 0 Å². The average Bonchev–Trinajstić information content (AvgIpc) is 3.08. The molecule has 1 aromatic rings. The van der Waals surface area contributed by atoms with Gasteiger partial charge in [0.1, 0.15) is 5.75 Å². The van der Waals surface area contributed by atoms with Gasteiger partial charge in [0.05, 0.1) is 7.11 Å². The zero-order valence-corrected chi connectivity index (χ0v) is 9.93. The van der Waals surface area contributed by atoms with Gasteiger partial charge in [-0.3, -0.25) is 0 Å². The number of aliphatic hydroxyl groups is 1. The number of aryl methyl sites for hydroxylation is 1. The molecule has 4 nitrogen and oxygen atoms in total. The largest absolute Gasteiger partial charge is 0.508 e. The molecule has 2 rings (SSSR count). The Balaban J connectivity index is 2.36. The van der Waals surface area contributed by atoms with Crippen LogP contribution in [0.2, 0.25) is 0 Å². The highest BCUT2D eigenvalue weighted by atomic mass is 16.5. The number of benzene rings is 1. The fourth-order valence-corrected chi connectivity index (χ4v) is 2.22. The predicted molar refractivity (Wildman–Crippen MR) is 61.8 cm³/mol. The number of esters is 1. The molecule has 4 heteroatoms. The van der Waals surface area contributed by atoms with Crippen molar-refractivity contribution in [3.8, 4) is 5.75 Å². The van der Waals surface area contributed by atoms with Crippen molar-refractivity contribution in [2.45, 2.75) is 31.3 Å². The van der Waals surface area contributed by atoms with Gasteiger partial charge in [0.2, 0.25) is 0 Å². The highest BCUT2D eigenvalue weighted by Gasteiger charge is 2.55. The number of aliphatic hydroxyl groups excluding tert-OH is 1. The Morgan fingerprint density at radius 3 is 2.59 bits per heavy atom. The van der Waals surface area contributed by atoms with Crippen molar-refractivity contribution in [3.05, 3.63) is 29.3 Å². The molecular formula is C13H16O4. The maximum atomic E-state index is 11.4. The number of aromatic hydroxyl groups is 1. The summed E-state index contributed by atoms with van der Waals surface area (Å²) in [6, 6.07) is 5.27. The molecule has 0 heterocycles. The second-order valence-corrected chi connectivity index (χ2v) is 4.60. The Morgan fingerprint density at radius 1 is 1.47 bits per heavy atom. The Bertz CT molecular complexity index is 449. The number of ether oxygens (including phenoxy) is 1. The first kappa shape index (κ1) is 11.9. The monoisotopic (exact) mass is 236 g/mol. The lowest BCUT2D eigenvalue weighted by Crippen LogP contribution is -2.35. The molecule has 0 aliphatic heterocycles. The van der Waals surface area contributed by atoms with Crippen molar-refractivity contribution >= 4 is 5.97 Å². The topological polar surface area (TPSA) is 66.8 Å². The fourth-order valence-electron chi connectivity index (χ4n) is 2.22. The minimum absolute atomic E-state index is 0.130. The summed E-state index contributed by atoms with van der Waals surface area (Å²) >= 11 is 0. The maximum Gasteiger partial charge on any atom is 0.335 e. The van der Waals surface area contributed by atoms with Gasteiger partial charge in [-0.05, 0) is 31.4 Å². The average molecular weight is 236 g/mol. The molecule has 0 bridgehead atoms. The third-order valence-electron chi connectivity index (χ3n) is 3.43. The predicted octanol–water partition coefficient (Wildman–Crippen LogP) is 1.27. The summed E-state index contributed by atoms with van der Waals surface area (Å²) in [4.78, 5) is 11.4. The molecule has 2 N–H and O–H groups in total. The normalized spacial score (nSPS) is 18.5. The van der Waals surface area contributed by atoms with Crippen molar-refractivity contribution in [1.29, 1.82) is 0 Å². The molecule has 17 heavy (non-hydrogen) atoms. The number of hydrogen-bond acceptors (Lipinski definition) is 4. The molecule has 1 unspecified atom stereocenters. The molecule has 0 spiro atoms. The van der Waals surface area contributed by atoms with Gasteiger partial charge >= 0.3 is 5.97 Å². The van der Waals surface area contributed by atoms with Crippen LogP contribution in [0.1, 0.15) is 24.0 Å². The molecule has 0 radical (unpaired) electrons. The number of rotatable bonds is 3. The van der Waals surface area contributed by atoms with Gasteiger partial charge in [-0.15, -0.1) is 0 Å². The van der Waals surface area contributed by atoms with E-state index in [9.17, 15) is 15.0 Å². The van der Waals surface area contributed by atoms with Crippen molar-refractivity contribution < 1.29 is 19.7 Å². The molecule has 1 atom stereocenters. The Labute approximate surface area is 99.8 Å². The summed E-state index contributed by atoms with van der Waals surface area (Å²) in [7, 11) is 1.25. The standard InChI is InChI=1S/C13H16O4/c1-8-3-4-9(10(14)7-8)13(5-6-13)11(15)12(16)17-2/h3-4,7,11,14-15H,5-6H2,1-2H3. The molecule has 1 aliphatic rings. The van der Waals surface area contributed by atoms with Gasteiger partial charge < -0.3 is 14.9 Å². The van der Waals surface area contributed by atoms with Crippen LogP contribution in [0.4, 0.5) is 0 Å². The second kappa shape index (κ2) is 4.04. The number of phenols is 1. The van der Waals surface area contributed by atoms with E-state index in [2.05, 4.69) is 4.74 Å². The van der Waals surface area contributed by atoms with Gasteiger partial charge in [-0.2, -0.15) is 0 Å². The van der Waals surface area contributed by atoms with Crippen LogP contribution in [0.5, 0.6) is 5.75 Å². The number of carbonyl (C=O) groups excluding carboxylic acids is 1. The van der Waals surface area contributed by atoms with E-state index in [-0.39, 0.29) is 5.75 Å². The summed E-state index contributed by atoms with van der Waals surface area (Å²) < 4.78 is 4.55. The Morgan fingerprint density at radius 2 is 2.12 bits per heavy atom. The molecule has 1 aliphatic carbocycles. The van der Waals surface area contributed by atoms with Gasteiger partial charge in [0.15, 0.2) is 6.10 Å². The lowest BCUT2D eigenvalue weighted by atomic mass is 9.88. The Kier molecular flexibility index (Phi) is 2.83. The number of carbonyl (C=O) groups is 1. The lowest BCUT2D eigenvalue weighted by Gasteiger charge is -2.21. The maximum absolute atomic E-state index is 11.4. The van der Waals surface area contributed by atoms with Crippen LogP contribution in [0.3, 0.4) is 0 Å². The van der Waals surface area contributed by atoms with E-state index in [0.717, 1.165) is 5.56 Å². The SMILES string of the molecule is COC(=O)C(O)C1(c2ccc(C)cc2O)CC1. The molecular weight excluding hydrogens is 220 g/mol. The molecule has 0 amide bonds. The fraction of sp³-hybridized carbons (Fsp3) is 0.462. The first-order valence-corrected chi connectivity index (χ1v) is 5.57. The van der Waals surface area contributed by atoms with Crippen LogP contribution in [0, 0.1) is 6.92 Å². The van der Waals surface area contributed by atoms with Gasteiger partial charge in [-0.25, -0.2) is 4.79 Å². The quantitative estimate of drug-likeness (QED) is 0.775. The molecule has 0 saturated heterocycles. The van der Waals surface area contributed by atoms with Crippen LogP contribution in [-0.2, 0) is 14.9 Å². The molecule has 1 aromatic carbocycles. The first-order valence-electron chi connectivity index (χ1n) is 5.57. The van der Waals surface area contributed by atoms with E-state index in [1.54, 1.807) is 12.1 Å². The van der Waals surface area contributed by atoms with Crippen LogP contribution in [0.25, 0.3) is 0 Å². The van der Waals surface area contributed by atoms with E-state index in [1.165, 1.54) is 7.11 Å². The van der Waals surface area contributed by atoms with Crippen LogP contribution >= 0.6 is 0 Å². The molecule has 1 saturated carbocycles. The van der Waals surface area contributed by atoms with Crippen LogP contribution in [-0.4, -0.2) is 29.4 Å². The van der Waals surface area contributed by atoms with Crippen molar-refractivity contribution in [3.63, 3.8) is 0 Å². The molecule has 0 aromatic heterocycles. The lowest BCUT2D eigenvalue weighted by molar-refractivity contribution is -0.152. The van der Waals surface area contributed by atoms with Crippen LogP contribution < -0.4 is 0 Å². The summed E-state index contributed by atoms with van der Waals surface area (Å²) in [6.07, 6.45) is 0.154. The summed E-state index contributed by atoms with van der Waals surface area (Å²) in [5.41, 5.74) is 0.904. The third kappa shape index (κ3) is 1.89. The highest BCUT2D eigenvalue weighted by molar-refractivity contribution is 5.78. The zero-order chi connectivity index (χ0) is 12.6. The van der Waals surface area contributed by atoms with E-state index in [4.69, 9.17) is 0 Å². The van der Waals surface area contributed by atoms with Crippen molar-refractivity contribution in [1.82, 2.24) is 0 Å². The summed E-state index contributed by atoms with van der Waals surface area (Å²) in [5, 5.41) is 19.9. The molecule has 92 valence electrons. The van der Waals surface area contributed by atoms with Gasteiger partial charge in [0.25, 0.3) is 0 Å². The van der Waals surface area contributed by atoms with Crippen molar-refractivity contribution in [2.75, 3.05) is 7.11 Å².